The van der Waals surface area contributed by atoms with E-state index >= 15 is 0 Å². The number of phenolic OH excluding ortho intramolecular Hbond substituents is 1. The van der Waals surface area contributed by atoms with Crippen molar-refractivity contribution in [2.45, 2.75) is 13.5 Å². The molecule has 1 amide bonds. The van der Waals surface area contributed by atoms with Crippen molar-refractivity contribution < 1.29 is 9.90 Å². The molecule has 4 N–H and O–H groups in total. The van der Waals surface area contributed by atoms with Crippen LogP contribution in [0.2, 0.25) is 0 Å². The van der Waals surface area contributed by atoms with Gasteiger partial charge >= 0.3 is 0 Å². The Balaban J connectivity index is 1.83. The third-order valence-electron chi connectivity index (χ3n) is 3.07. The Morgan fingerprint density at radius 3 is 2.55 bits per heavy atom. The van der Waals surface area contributed by atoms with Gasteiger partial charge < -0.3 is 15.8 Å². The number of carbonyl (C=O) groups excluding carboxylic acids is 1. The van der Waals surface area contributed by atoms with Crippen LogP contribution in [0.25, 0.3) is 0 Å². The highest BCUT2D eigenvalue weighted by Gasteiger charge is 2.10. The number of carbonyl (C=O) groups is 1. The summed E-state index contributed by atoms with van der Waals surface area (Å²) in [5.74, 6) is -0.207. The van der Waals surface area contributed by atoms with Crippen LogP contribution in [0.5, 0.6) is 5.75 Å². The van der Waals surface area contributed by atoms with Gasteiger partial charge in [0.15, 0.2) is 4.99 Å². The van der Waals surface area contributed by atoms with E-state index in [1.165, 1.54) is 0 Å². The zero-order chi connectivity index (χ0) is 15.9. The molecule has 2 rings (SSSR count). The molecule has 0 spiro atoms. The topological polar surface area (TPSA) is 73.4 Å². The van der Waals surface area contributed by atoms with Crippen LogP contribution in [0.3, 0.4) is 0 Å². The number of amides is 1. The first kappa shape index (κ1) is 15.9. The number of hydrazine groups is 1. The minimum absolute atomic E-state index is 0.0265. The maximum atomic E-state index is 12.0. The molecule has 0 saturated heterocycles. The fourth-order valence-electron chi connectivity index (χ4n) is 1.83. The molecule has 0 aromatic heterocycles. The number of phenols is 1. The molecule has 22 heavy (non-hydrogen) atoms. The largest absolute Gasteiger partial charge is 0.508 e. The van der Waals surface area contributed by atoms with E-state index < -0.39 is 5.91 Å². The molecular formula is C16H17N3O2S. The summed E-state index contributed by atoms with van der Waals surface area (Å²) in [5, 5.41) is 12.4. The van der Waals surface area contributed by atoms with Crippen LogP contribution < -0.4 is 16.2 Å². The Morgan fingerprint density at radius 2 is 1.82 bits per heavy atom. The van der Waals surface area contributed by atoms with E-state index in [1.54, 1.807) is 18.2 Å². The molecule has 2 aromatic rings. The number of thiocarbonyl (C=S) groups is 1. The second kappa shape index (κ2) is 7.53. The Hall–Kier alpha value is -2.44. The molecule has 5 nitrogen and oxygen atoms in total. The number of aromatic hydroxyl groups is 1. The molecule has 0 saturated carbocycles. The Morgan fingerprint density at radius 1 is 1.14 bits per heavy atom. The first-order valence-corrected chi connectivity index (χ1v) is 7.15. The molecule has 0 radical (unpaired) electrons. The Labute approximate surface area is 134 Å². The summed E-state index contributed by atoms with van der Waals surface area (Å²) in [6, 6.07) is 14.4. The van der Waals surface area contributed by atoms with Crippen LogP contribution in [0.15, 0.2) is 48.5 Å². The minimum Gasteiger partial charge on any atom is -0.508 e. The lowest BCUT2D eigenvalue weighted by molar-refractivity contribution is -0.110. The fraction of sp³-hybridized carbons (Fsp3) is 0.125. The molecule has 0 aliphatic heterocycles. The number of anilines is 1. The van der Waals surface area contributed by atoms with Crippen LogP contribution in [0.1, 0.15) is 11.1 Å². The number of rotatable bonds is 4. The van der Waals surface area contributed by atoms with Crippen molar-refractivity contribution >= 4 is 28.8 Å². The average Bonchev–Trinajstić information content (AvgIpc) is 2.51. The molecule has 0 fully saturated rings. The maximum Gasteiger partial charge on any atom is 0.284 e. The number of aryl methyl sites for hydroxylation is 1. The van der Waals surface area contributed by atoms with Gasteiger partial charge in [-0.15, -0.1) is 0 Å². The SMILES string of the molecule is Cc1ccccc1NC(=O)C(=S)NNCc1ccccc1O. The highest BCUT2D eigenvalue weighted by Crippen LogP contribution is 2.14. The van der Waals surface area contributed by atoms with Gasteiger partial charge in [-0.2, -0.15) is 0 Å². The molecule has 0 unspecified atom stereocenters. The Bertz CT molecular complexity index is 689. The van der Waals surface area contributed by atoms with Crippen LogP contribution in [0.4, 0.5) is 5.69 Å². The first-order chi connectivity index (χ1) is 10.6. The number of benzene rings is 2. The fourth-order valence-corrected chi connectivity index (χ4v) is 1.95. The monoisotopic (exact) mass is 315 g/mol. The van der Waals surface area contributed by atoms with Crippen LogP contribution in [0, 0.1) is 6.92 Å². The predicted octanol–water partition coefficient (Wildman–Crippen LogP) is 2.26. The molecule has 0 heterocycles. The summed E-state index contributed by atoms with van der Waals surface area (Å²) >= 11 is 5.02. The zero-order valence-corrected chi connectivity index (χ0v) is 12.9. The van der Waals surface area contributed by atoms with E-state index in [0.29, 0.717) is 12.1 Å². The lowest BCUT2D eigenvalue weighted by atomic mass is 10.2. The summed E-state index contributed by atoms with van der Waals surface area (Å²) in [6.45, 7) is 2.24. The number of para-hydroxylation sites is 2. The molecule has 6 heteroatoms. The van der Waals surface area contributed by atoms with E-state index in [9.17, 15) is 9.90 Å². The maximum absolute atomic E-state index is 12.0. The molecular weight excluding hydrogens is 298 g/mol. The van der Waals surface area contributed by atoms with E-state index in [0.717, 1.165) is 11.3 Å². The highest BCUT2D eigenvalue weighted by atomic mass is 32.1. The summed E-state index contributed by atoms with van der Waals surface area (Å²) < 4.78 is 0. The number of hydrogen-bond acceptors (Lipinski definition) is 4. The van der Waals surface area contributed by atoms with Gasteiger partial charge in [-0.05, 0) is 24.6 Å². The smallest absolute Gasteiger partial charge is 0.284 e. The van der Waals surface area contributed by atoms with Gasteiger partial charge in [-0.1, -0.05) is 48.6 Å². The quantitative estimate of drug-likeness (QED) is 0.514. The third-order valence-corrected chi connectivity index (χ3v) is 3.36. The summed E-state index contributed by atoms with van der Waals surface area (Å²) in [4.78, 5) is 12.0. The Kier molecular flexibility index (Phi) is 5.46. The van der Waals surface area contributed by atoms with E-state index in [4.69, 9.17) is 12.2 Å². The van der Waals surface area contributed by atoms with Gasteiger partial charge in [0, 0.05) is 17.8 Å². The molecule has 2 aromatic carbocycles. The first-order valence-electron chi connectivity index (χ1n) is 6.74. The van der Waals surface area contributed by atoms with Crippen molar-refractivity contribution in [2.75, 3.05) is 5.32 Å². The lowest BCUT2D eigenvalue weighted by Crippen LogP contribution is -2.42. The van der Waals surface area contributed by atoms with Gasteiger partial charge in [-0.25, -0.2) is 5.43 Å². The molecule has 0 aliphatic carbocycles. The summed E-state index contributed by atoms with van der Waals surface area (Å²) in [7, 11) is 0. The highest BCUT2D eigenvalue weighted by molar-refractivity contribution is 7.82. The standard InChI is InChI=1S/C16H17N3O2S/c1-11-6-2-4-8-13(11)18-15(21)16(22)19-17-10-12-7-3-5-9-14(12)20/h2-9,17,20H,10H2,1H3,(H,18,21)(H,19,22). The normalized spacial score (nSPS) is 10.0. The van der Waals surface area contributed by atoms with Crippen LogP contribution >= 0.6 is 12.2 Å². The van der Waals surface area contributed by atoms with Crippen molar-refractivity contribution in [3.8, 4) is 5.75 Å². The van der Waals surface area contributed by atoms with E-state index in [2.05, 4.69) is 16.2 Å². The number of nitrogens with one attached hydrogen (secondary N) is 3. The molecule has 0 aliphatic rings. The molecule has 0 bridgehead atoms. The molecule has 114 valence electrons. The summed E-state index contributed by atoms with van der Waals surface area (Å²) in [6.07, 6.45) is 0. The van der Waals surface area contributed by atoms with Crippen LogP contribution in [-0.4, -0.2) is 16.0 Å². The van der Waals surface area contributed by atoms with Crippen molar-refractivity contribution in [3.63, 3.8) is 0 Å². The second-order valence-corrected chi connectivity index (χ2v) is 5.11. The lowest BCUT2D eigenvalue weighted by Gasteiger charge is -2.12. The predicted molar refractivity (Wildman–Crippen MR) is 90.5 cm³/mol. The minimum atomic E-state index is -0.394. The van der Waals surface area contributed by atoms with Gasteiger partial charge in [-0.3, -0.25) is 4.79 Å². The van der Waals surface area contributed by atoms with Crippen molar-refractivity contribution in [1.29, 1.82) is 0 Å². The van der Waals surface area contributed by atoms with Crippen molar-refractivity contribution in [2.24, 2.45) is 0 Å². The van der Waals surface area contributed by atoms with Crippen molar-refractivity contribution in [1.82, 2.24) is 10.9 Å². The second-order valence-electron chi connectivity index (χ2n) is 4.71. The molecule has 0 atom stereocenters. The van der Waals surface area contributed by atoms with E-state index in [1.807, 2.05) is 37.3 Å². The van der Waals surface area contributed by atoms with Crippen LogP contribution in [-0.2, 0) is 11.3 Å². The van der Waals surface area contributed by atoms with Gasteiger partial charge in [0.05, 0.1) is 0 Å². The third kappa shape index (κ3) is 4.28. The van der Waals surface area contributed by atoms with Crippen molar-refractivity contribution in [3.05, 3.63) is 59.7 Å². The van der Waals surface area contributed by atoms with Gasteiger partial charge in [0.1, 0.15) is 5.75 Å². The zero-order valence-electron chi connectivity index (χ0n) is 12.1. The van der Waals surface area contributed by atoms with E-state index in [-0.39, 0.29) is 10.7 Å². The average molecular weight is 315 g/mol. The number of hydrogen-bond donors (Lipinski definition) is 4. The van der Waals surface area contributed by atoms with Gasteiger partial charge in [0.2, 0.25) is 0 Å². The van der Waals surface area contributed by atoms with Gasteiger partial charge in [0.25, 0.3) is 5.91 Å². The summed E-state index contributed by atoms with van der Waals surface area (Å²) in [5.41, 5.74) is 7.85.